The second kappa shape index (κ2) is 8.58. The van der Waals surface area contributed by atoms with Gasteiger partial charge in [0.1, 0.15) is 18.0 Å². The molecule has 0 saturated carbocycles. The van der Waals surface area contributed by atoms with Crippen LogP contribution in [-0.4, -0.2) is 52.5 Å². The number of hydrogen-bond acceptors (Lipinski definition) is 7. The Kier molecular flexibility index (Phi) is 6.97. The maximum atomic E-state index is 12.5. The number of nitrogens with two attached hydrogens (primary N) is 1. The SMILES string of the molecule is C#C[C@@]1(O)[C@@H](CO)O[C@@H](n2ccc(N)nc2=O)[C@@H]1O[Si](C(C)C)(C(C)C)C(C)C. The number of nitrogen functional groups attached to an aromatic ring is 1. The summed E-state index contributed by atoms with van der Waals surface area (Å²) in [5.41, 5.74) is 3.68. The molecule has 0 aliphatic carbocycles. The normalized spacial score (nSPS) is 27.7. The molecule has 0 spiro atoms. The summed E-state index contributed by atoms with van der Waals surface area (Å²) in [6.45, 7) is 12.1. The smallest absolute Gasteiger partial charge is 0.351 e. The van der Waals surface area contributed by atoms with E-state index in [-0.39, 0.29) is 22.4 Å². The zero-order valence-corrected chi connectivity index (χ0v) is 19.0. The Morgan fingerprint density at radius 1 is 1.34 bits per heavy atom. The van der Waals surface area contributed by atoms with E-state index in [0.29, 0.717) is 0 Å². The fourth-order valence-electron chi connectivity index (χ4n) is 4.71. The molecule has 1 aliphatic rings. The molecule has 9 heteroatoms. The molecule has 4 N–H and O–H groups in total. The second-order valence-electron chi connectivity index (χ2n) is 8.57. The Bertz CT molecular complexity index is 797. The van der Waals surface area contributed by atoms with Crippen molar-refractivity contribution in [2.45, 2.75) is 82.2 Å². The van der Waals surface area contributed by atoms with Gasteiger partial charge in [0.2, 0.25) is 8.32 Å². The van der Waals surface area contributed by atoms with Crippen LogP contribution in [0, 0.1) is 12.3 Å². The number of hydrogen-bond donors (Lipinski definition) is 3. The summed E-state index contributed by atoms with van der Waals surface area (Å²) in [6, 6.07) is 1.46. The van der Waals surface area contributed by atoms with Crippen LogP contribution < -0.4 is 11.4 Å². The molecule has 1 aromatic heterocycles. The standard InChI is InChI=1S/C20H33N3O5Si/c1-8-20(26)15(11-24)27-18(23-10-9-16(21)22-19(23)25)17(20)28-29(12(2)3,13(4)5)14(6)7/h1,9-10,12-15,17-18,24,26H,11H2,2-7H3,(H2,21,22,25)/t15-,17+,18-,20-/m1/s1. The molecule has 0 unspecified atom stereocenters. The van der Waals surface area contributed by atoms with Gasteiger partial charge in [-0.2, -0.15) is 4.98 Å². The van der Waals surface area contributed by atoms with Crippen molar-refractivity contribution in [3.63, 3.8) is 0 Å². The van der Waals surface area contributed by atoms with Gasteiger partial charge in [-0.25, -0.2) is 4.79 Å². The quantitative estimate of drug-likeness (QED) is 0.450. The molecular weight excluding hydrogens is 390 g/mol. The molecule has 1 aromatic rings. The van der Waals surface area contributed by atoms with E-state index in [1.807, 2.05) is 0 Å². The lowest BCUT2D eigenvalue weighted by molar-refractivity contribution is -0.0624. The third-order valence-electron chi connectivity index (χ3n) is 6.05. The summed E-state index contributed by atoms with van der Waals surface area (Å²) in [4.78, 5) is 16.2. The molecule has 1 fully saturated rings. The van der Waals surface area contributed by atoms with E-state index >= 15 is 0 Å². The van der Waals surface area contributed by atoms with Gasteiger partial charge in [0.15, 0.2) is 11.8 Å². The zero-order valence-electron chi connectivity index (χ0n) is 18.0. The maximum Gasteiger partial charge on any atom is 0.351 e. The second-order valence-corrected chi connectivity index (χ2v) is 14.0. The van der Waals surface area contributed by atoms with Gasteiger partial charge in [-0.1, -0.05) is 47.5 Å². The summed E-state index contributed by atoms with van der Waals surface area (Å²) in [7, 11) is -2.52. The lowest BCUT2D eigenvalue weighted by Crippen LogP contribution is -2.58. The molecule has 4 atom stereocenters. The number of aliphatic hydroxyl groups is 2. The Balaban J connectivity index is 2.66. The van der Waals surface area contributed by atoms with Crippen molar-refractivity contribution >= 4 is 14.1 Å². The minimum Gasteiger partial charge on any atom is -0.405 e. The number of aromatic nitrogens is 2. The van der Waals surface area contributed by atoms with Crippen LogP contribution in [-0.2, 0) is 9.16 Å². The molecule has 29 heavy (non-hydrogen) atoms. The Hall–Kier alpha value is -1.70. The highest BCUT2D eigenvalue weighted by Gasteiger charge is 2.60. The lowest BCUT2D eigenvalue weighted by Gasteiger charge is -2.46. The van der Waals surface area contributed by atoms with E-state index in [1.165, 1.54) is 16.8 Å². The molecule has 2 rings (SSSR count). The monoisotopic (exact) mass is 423 g/mol. The zero-order chi connectivity index (χ0) is 22.1. The molecule has 2 heterocycles. The summed E-state index contributed by atoms with van der Waals surface area (Å²) >= 11 is 0. The van der Waals surface area contributed by atoms with Crippen LogP contribution in [0.25, 0.3) is 0 Å². The Morgan fingerprint density at radius 2 is 1.90 bits per heavy atom. The van der Waals surface area contributed by atoms with Crippen LogP contribution in [0.5, 0.6) is 0 Å². The van der Waals surface area contributed by atoms with E-state index in [2.05, 4.69) is 52.4 Å². The van der Waals surface area contributed by atoms with Gasteiger partial charge in [0.05, 0.1) is 6.61 Å². The highest BCUT2D eigenvalue weighted by molar-refractivity contribution is 6.77. The largest absolute Gasteiger partial charge is 0.405 e. The van der Waals surface area contributed by atoms with Crippen LogP contribution >= 0.6 is 0 Å². The first-order chi connectivity index (χ1) is 13.4. The summed E-state index contributed by atoms with van der Waals surface area (Å²) < 4.78 is 13.8. The van der Waals surface area contributed by atoms with Gasteiger partial charge in [0, 0.05) is 6.20 Å². The number of aliphatic hydroxyl groups excluding tert-OH is 1. The van der Waals surface area contributed by atoms with Crippen molar-refractivity contribution in [2.75, 3.05) is 12.3 Å². The highest BCUT2D eigenvalue weighted by Crippen LogP contribution is 2.48. The third-order valence-corrected chi connectivity index (χ3v) is 12.1. The van der Waals surface area contributed by atoms with Gasteiger partial charge in [-0.3, -0.25) is 4.57 Å². The van der Waals surface area contributed by atoms with Crippen molar-refractivity contribution in [1.82, 2.24) is 9.55 Å². The van der Waals surface area contributed by atoms with Crippen LogP contribution in [0.4, 0.5) is 5.82 Å². The molecule has 0 radical (unpaired) electrons. The van der Waals surface area contributed by atoms with Gasteiger partial charge in [-0.15, -0.1) is 6.42 Å². The average molecular weight is 424 g/mol. The highest BCUT2D eigenvalue weighted by atomic mass is 28.4. The van der Waals surface area contributed by atoms with Crippen molar-refractivity contribution < 1.29 is 19.4 Å². The van der Waals surface area contributed by atoms with Crippen molar-refractivity contribution in [3.8, 4) is 12.3 Å². The predicted octanol–water partition coefficient (Wildman–Crippen LogP) is 1.64. The minimum atomic E-state index is -2.52. The Morgan fingerprint density at radius 3 is 2.31 bits per heavy atom. The minimum absolute atomic E-state index is 0.0721. The molecule has 0 bridgehead atoms. The van der Waals surface area contributed by atoms with Gasteiger partial charge in [0.25, 0.3) is 0 Å². The summed E-state index contributed by atoms with van der Waals surface area (Å²) in [5.74, 6) is 2.44. The first-order valence-corrected chi connectivity index (χ1v) is 12.1. The van der Waals surface area contributed by atoms with Crippen molar-refractivity contribution in [1.29, 1.82) is 0 Å². The van der Waals surface area contributed by atoms with Crippen molar-refractivity contribution in [2.24, 2.45) is 0 Å². The van der Waals surface area contributed by atoms with Gasteiger partial charge in [-0.05, 0) is 22.7 Å². The molecule has 162 valence electrons. The number of terminal acetylenes is 1. The van der Waals surface area contributed by atoms with Crippen LogP contribution in [0.2, 0.25) is 16.6 Å². The Labute approximate surface area is 173 Å². The first kappa shape index (κ1) is 23.6. The predicted molar refractivity (Wildman–Crippen MR) is 114 cm³/mol. The van der Waals surface area contributed by atoms with Crippen LogP contribution in [0.1, 0.15) is 47.8 Å². The number of anilines is 1. The summed E-state index contributed by atoms with van der Waals surface area (Å²) in [5, 5.41) is 21.1. The van der Waals surface area contributed by atoms with E-state index in [9.17, 15) is 15.0 Å². The van der Waals surface area contributed by atoms with Gasteiger partial charge >= 0.3 is 5.69 Å². The molecule has 1 saturated heterocycles. The van der Waals surface area contributed by atoms with Crippen LogP contribution in [0.15, 0.2) is 17.1 Å². The third kappa shape index (κ3) is 3.87. The fourth-order valence-corrected chi connectivity index (χ4v) is 10.3. The lowest BCUT2D eigenvalue weighted by atomic mass is 9.93. The summed E-state index contributed by atoms with van der Waals surface area (Å²) in [6.07, 6.45) is 3.93. The molecule has 0 aromatic carbocycles. The van der Waals surface area contributed by atoms with E-state index in [4.69, 9.17) is 21.3 Å². The first-order valence-electron chi connectivity index (χ1n) is 9.94. The van der Waals surface area contributed by atoms with E-state index in [0.717, 1.165) is 0 Å². The average Bonchev–Trinajstić information content (AvgIpc) is 2.90. The van der Waals surface area contributed by atoms with E-state index < -0.39 is 44.7 Å². The van der Waals surface area contributed by atoms with E-state index in [1.54, 1.807) is 0 Å². The molecule has 0 amide bonds. The van der Waals surface area contributed by atoms with Crippen LogP contribution in [0.3, 0.4) is 0 Å². The fraction of sp³-hybridized carbons (Fsp3) is 0.700. The van der Waals surface area contributed by atoms with Gasteiger partial charge < -0.3 is 25.1 Å². The number of rotatable bonds is 7. The topological polar surface area (TPSA) is 120 Å². The molecule has 8 nitrogen and oxygen atoms in total. The maximum absolute atomic E-state index is 12.5. The number of ether oxygens (including phenoxy) is 1. The molecular formula is C20H33N3O5Si. The number of nitrogens with zero attached hydrogens (tertiary/aromatic N) is 2. The van der Waals surface area contributed by atoms with Crippen molar-refractivity contribution in [3.05, 3.63) is 22.7 Å². The molecule has 1 aliphatic heterocycles.